The van der Waals surface area contributed by atoms with E-state index >= 15 is 0 Å². The largest absolute Gasteiger partial charge is 0.372 e. The topological polar surface area (TPSA) is 70.2 Å². The van der Waals surface area contributed by atoms with E-state index in [1.807, 2.05) is 56.3 Å². The van der Waals surface area contributed by atoms with Crippen LogP contribution in [0.3, 0.4) is 0 Å². The lowest BCUT2D eigenvalue weighted by Crippen LogP contribution is -2.22. The summed E-state index contributed by atoms with van der Waals surface area (Å²) in [6, 6.07) is 17.4. The summed E-state index contributed by atoms with van der Waals surface area (Å²) in [6.07, 6.45) is 0. The highest BCUT2D eigenvalue weighted by molar-refractivity contribution is 6.03. The molecule has 3 aromatic rings. The molecule has 3 rings (SSSR count). The molecule has 0 spiro atoms. The molecule has 0 unspecified atom stereocenters. The standard InChI is InChI=1S/C23H27N5O/c1-5-28(6-2)19-12-13-20(16(3)14-19)26-22(29)21-15-17(4)24-23(27-21)25-18-10-8-7-9-11-18/h7-15H,5-6H2,1-4H3,(H,26,29)(H,24,25,27). The maximum Gasteiger partial charge on any atom is 0.274 e. The molecule has 0 saturated carbocycles. The Bertz CT molecular complexity index is 984. The second kappa shape index (κ2) is 9.19. The Morgan fingerprint density at radius 1 is 0.966 bits per heavy atom. The van der Waals surface area contributed by atoms with Gasteiger partial charge in [0.2, 0.25) is 5.95 Å². The van der Waals surface area contributed by atoms with Gasteiger partial charge in [0.25, 0.3) is 5.91 Å². The number of benzene rings is 2. The molecule has 6 nitrogen and oxygen atoms in total. The number of nitrogens with one attached hydrogen (secondary N) is 2. The molecule has 6 heteroatoms. The summed E-state index contributed by atoms with van der Waals surface area (Å²) in [5.74, 6) is 0.139. The summed E-state index contributed by atoms with van der Waals surface area (Å²) in [5, 5.41) is 6.11. The first kappa shape index (κ1) is 20.3. The van der Waals surface area contributed by atoms with Crippen molar-refractivity contribution < 1.29 is 4.79 Å². The monoisotopic (exact) mass is 389 g/mol. The van der Waals surface area contributed by atoms with E-state index < -0.39 is 0 Å². The number of anilines is 4. The Morgan fingerprint density at radius 3 is 2.34 bits per heavy atom. The molecule has 0 aliphatic carbocycles. The molecule has 0 fully saturated rings. The SMILES string of the molecule is CCN(CC)c1ccc(NC(=O)c2cc(C)nc(Nc3ccccc3)n2)c(C)c1. The highest BCUT2D eigenvalue weighted by Crippen LogP contribution is 2.23. The molecular formula is C23H27N5O. The van der Waals surface area contributed by atoms with Gasteiger partial charge in [-0.15, -0.1) is 0 Å². The van der Waals surface area contributed by atoms with E-state index in [9.17, 15) is 4.79 Å². The predicted molar refractivity (Wildman–Crippen MR) is 119 cm³/mol. The van der Waals surface area contributed by atoms with E-state index in [0.717, 1.165) is 41.4 Å². The average molecular weight is 390 g/mol. The molecule has 1 aromatic heterocycles. The van der Waals surface area contributed by atoms with Gasteiger partial charge in [-0.25, -0.2) is 9.97 Å². The van der Waals surface area contributed by atoms with Crippen molar-refractivity contribution in [3.8, 4) is 0 Å². The minimum absolute atomic E-state index is 0.259. The van der Waals surface area contributed by atoms with E-state index in [1.165, 1.54) is 0 Å². The Morgan fingerprint density at radius 2 is 1.69 bits per heavy atom. The average Bonchev–Trinajstić information content (AvgIpc) is 2.71. The lowest BCUT2D eigenvalue weighted by molar-refractivity contribution is 0.102. The number of amides is 1. The molecule has 0 saturated heterocycles. The van der Waals surface area contributed by atoms with Crippen molar-refractivity contribution >= 4 is 28.9 Å². The number of aryl methyl sites for hydroxylation is 2. The fraction of sp³-hybridized carbons (Fsp3) is 0.261. The molecule has 1 heterocycles. The molecule has 0 atom stereocenters. The molecule has 0 aliphatic heterocycles. The molecule has 0 bridgehead atoms. The molecule has 1 amide bonds. The van der Waals surface area contributed by atoms with Crippen molar-refractivity contribution in [2.24, 2.45) is 0 Å². The quantitative estimate of drug-likeness (QED) is 0.599. The van der Waals surface area contributed by atoms with Gasteiger partial charge in [0, 0.05) is 35.8 Å². The van der Waals surface area contributed by atoms with Crippen molar-refractivity contribution in [2.75, 3.05) is 28.6 Å². The van der Waals surface area contributed by atoms with Crippen molar-refractivity contribution in [2.45, 2.75) is 27.7 Å². The number of carbonyl (C=O) groups excluding carboxylic acids is 1. The van der Waals surface area contributed by atoms with Crippen LogP contribution in [-0.2, 0) is 0 Å². The second-order valence-corrected chi connectivity index (χ2v) is 6.83. The van der Waals surface area contributed by atoms with Gasteiger partial charge in [-0.05, 0) is 69.7 Å². The zero-order valence-electron chi connectivity index (χ0n) is 17.4. The van der Waals surface area contributed by atoms with Crippen LogP contribution < -0.4 is 15.5 Å². The van der Waals surface area contributed by atoms with Gasteiger partial charge in [-0.1, -0.05) is 18.2 Å². The number of nitrogens with zero attached hydrogens (tertiary/aromatic N) is 3. The van der Waals surface area contributed by atoms with Gasteiger partial charge in [0.05, 0.1) is 0 Å². The number of hydrogen-bond donors (Lipinski definition) is 2. The van der Waals surface area contributed by atoms with Crippen LogP contribution in [0, 0.1) is 13.8 Å². The Labute approximate surface area is 172 Å². The van der Waals surface area contributed by atoms with Crippen LogP contribution in [0.15, 0.2) is 54.6 Å². The molecular weight excluding hydrogens is 362 g/mol. The van der Waals surface area contributed by atoms with Crippen LogP contribution in [0.5, 0.6) is 0 Å². The summed E-state index contributed by atoms with van der Waals surface area (Å²) >= 11 is 0. The van der Waals surface area contributed by atoms with Crippen LogP contribution in [0.4, 0.5) is 23.0 Å². The fourth-order valence-corrected chi connectivity index (χ4v) is 3.15. The van der Waals surface area contributed by atoms with Crippen LogP contribution in [0.2, 0.25) is 0 Å². The molecule has 2 aromatic carbocycles. The molecule has 150 valence electrons. The number of para-hydroxylation sites is 1. The predicted octanol–water partition coefficient (Wildman–Crippen LogP) is 4.94. The summed E-state index contributed by atoms with van der Waals surface area (Å²) in [5.41, 5.74) is 4.85. The van der Waals surface area contributed by atoms with Gasteiger partial charge in [-0.3, -0.25) is 4.79 Å². The third kappa shape index (κ3) is 5.10. The third-order valence-electron chi connectivity index (χ3n) is 4.70. The summed E-state index contributed by atoms with van der Waals surface area (Å²) in [7, 11) is 0. The van der Waals surface area contributed by atoms with Gasteiger partial charge in [0.1, 0.15) is 5.69 Å². The molecule has 2 N–H and O–H groups in total. The Balaban J connectivity index is 1.78. The normalized spacial score (nSPS) is 10.5. The van der Waals surface area contributed by atoms with E-state index in [2.05, 4.69) is 45.4 Å². The third-order valence-corrected chi connectivity index (χ3v) is 4.70. The Hall–Kier alpha value is -3.41. The minimum Gasteiger partial charge on any atom is -0.372 e. The van der Waals surface area contributed by atoms with Crippen LogP contribution in [0.25, 0.3) is 0 Å². The lowest BCUT2D eigenvalue weighted by atomic mass is 10.1. The van der Waals surface area contributed by atoms with Crippen molar-refractivity contribution in [3.05, 3.63) is 71.5 Å². The smallest absolute Gasteiger partial charge is 0.274 e. The highest BCUT2D eigenvalue weighted by atomic mass is 16.1. The van der Waals surface area contributed by atoms with Crippen LogP contribution >= 0.6 is 0 Å². The maximum absolute atomic E-state index is 12.8. The number of aromatic nitrogens is 2. The van der Waals surface area contributed by atoms with Crippen molar-refractivity contribution in [1.82, 2.24) is 9.97 Å². The summed E-state index contributed by atoms with van der Waals surface area (Å²) in [4.78, 5) is 23.8. The fourth-order valence-electron chi connectivity index (χ4n) is 3.15. The molecule has 29 heavy (non-hydrogen) atoms. The number of carbonyl (C=O) groups is 1. The van der Waals surface area contributed by atoms with Gasteiger partial charge in [0.15, 0.2) is 0 Å². The number of rotatable bonds is 7. The zero-order chi connectivity index (χ0) is 20.8. The Kier molecular flexibility index (Phi) is 6.44. The summed E-state index contributed by atoms with van der Waals surface area (Å²) < 4.78 is 0. The molecule has 0 radical (unpaired) electrons. The van der Waals surface area contributed by atoms with Gasteiger partial charge >= 0.3 is 0 Å². The van der Waals surface area contributed by atoms with Gasteiger partial charge in [-0.2, -0.15) is 0 Å². The van der Waals surface area contributed by atoms with Crippen molar-refractivity contribution in [3.63, 3.8) is 0 Å². The first-order chi connectivity index (χ1) is 14.0. The number of hydrogen-bond acceptors (Lipinski definition) is 5. The van der Waals surface area contributed by atoms with Crippen LogP contribution in [0.1, 0.15) is 35.6 Å². The molecule has 0 aliphatic rings. The lowest BCUT2D eigenvalue weighted by Gasteiger charge is -2.22. The van der Waals surface area contributed by atoms with Gasteiger partial charge < -0.3 is 15.5 Å². The van der Waals surface area contributed by atoms with E-state index in [0.29, 0.717) is 11.6 Å². The highest BCUT2D eigenvalue weighted by Gasteiger charge is 2.13. The zero-order valence-corrected chi connectivity index (χ0v) is 17.4. The van der Waals surface area contributed by atoms with E-state index in [4.69, 9.17) is 0 Å². The van der Waals surface area contributed by atoms with E-state index in [1.54, 1.807) is 6.07 Å². The minimum atomic E-state index is -0.259. The van der Waals surface area contributed by atoms with E-state index in [-0.39, 0.29) is 5.91 Å². The van der Waals surface area contributed by atoms with Crippen LogP contribution in [-0.4, -0.2) is 29.0 Å². The van der Waals surface area contributed by atoms with Crippen molar-refractivity contribution in [1.29, 1.82) is 0 Å². The maximum atomic E-state index is 12.8. The first-order valence-electron chi connectivity index (χ1n) is 9.84. The first-order valence-corrected chi connectivity index (χ1v) is 9.84. The second-order valence-electron chi connectivity index (χ2n) is 6.83. The summed E-state index contributed by atoms with van der Waals surface area (Å²) in [6.45, 7) is 9.99.